The van der Waals surface area contributed by atoms with E-state index in [0.29, 0.717) is 35.0 Å². The highest BCUT2D eigenvalue weighted by atomic mass is 16.5. The second-order valence-corrected chi connectivity index (χ2v) is 5.56. The van der Waals surface area contributed by atoms with Crippen LogP contribution in [-0.4, -0.2) is 34.2 Å². The zero-order valence-electron chi connectivity index (χ0n) is 14.7. The number of methoxy groups -OCH3 is 4. The van der Waals surface area contributed by atoms with Crippen LogP contribution in [0, 0.1) is 0 Å². The molecule has 0 heterocycles. The van der Waals surface area contributed by atoms with Gasteiger partial charge in [-0.3, -0.25) is 4.79 Å². The monoisotopic (exact) mass is 340 g/mol. The number of ether oxygens (including phenoxy) is 4. The lowest BCUT2D eigenvalue weighted by atomic mass is 9.85. The highest BCUT2D eigenvalue weighted by molar-refractivity contribution is 6.15. The topological polar surface area (TPSA) is 54.0 Å². The molecule has 0 unspecified atom stereocenters. The molecule has 0 fully saturated rings. The molecule has 0 N–H and O–H groups in total. The molecule has 0 saturated carbocycles. The number of hydrogen-bond donors (Lipinski definition) is 0. The molecule has 0 aliphatic heterocycles. The molecule has 0 radical (unpaired) electrons. The minimum absolute atomic E-state index is 0.142. The van der Waals surface area contributed by atoms with Crippen LogP contribution < -0.4 is 18.9 Å². The molecular weight excluding hydrogens is 320 g/mol. The lowest BCUT2D eigenvalue weighted by Crippen LogP contribution is -2.14. The van der Waals surface area contributed by atoms with Crippen LogP contribution in [0.3, 0.4) is 0 Å². The van der Waals surface area contributed by atoms with Gasteiger partial charge in [0.2, 0.25) is 11.5 Å². The number of benzene rings is 2. The first-order valence-electron chi connectivity index (χ1n) is 7.85. The fourth-order valence-corrected chi connectivity index (χ4v) is 3.23. The maximum Gasteiger partial charge on any atom is 0.208 e. The van der Waals surface area contributed by atoms with Crippen LogP contribution in [0.4, 0.5) is 0 Å². The van der Waals surface area contributed by atoms with E-state index in [-0.39, 0.29) is 5.78 Å². The van der Waals surface area contributed by atoms with Crippen LogP contribution in [-0.2, 0) is 6.42 Å². The van der Waals surface area contributed by atoms with Gasteiger partial charge in [0.25, 0.3) is 0 Å². The molecule has 0 bridgehead atoms. The van der Waals surface area contributed by atoms with Gasteiger partial charge >= 0.3 is 0 Å². The first-order valence-corrected chi connectivity index (χ1v) is 7.85. The average molecular weight is 340 g/mol. The van der Waals surface area contributed by atoms with Crippen molar-refractivity contribution in [1.82, 2.24) is 0 Å². The summed E-state index contributed by atoms with van der Waals surface area (Å²) < 4.78 is 22.0. The number of carbonyl (C=O) groups excluding carboxylic acids is 1. The van der Waals surface area contributed by atoms with Crippen LogP contribution in [0.25, 0.3) is 5.57 Å². The highest BCUT2D eigenvalue weighted by Gasteiger charge is 2.33. The van der Waals surface area contributed by atoms with E-state index in [1.165, 1.54) is 21.3 Å². The van der Waals surface area contributed by atoms with Gasteiger partial charge in [0.1, 0.15) is 0 Å². The Morgan fingerprint density at radius 3 is 1.88 bits per heavy atom. The summed E-state index contributed by atoms with van der Waals surface area (Å²) in [6.45, 7) is 0. The molecule has 1 aliphatic rings. The van der Waals surface area contributed by atoms with E-state index in [1.807, 2.05) is 30.3 Å². The third-order valence-corrected chi connectivity index (χ3v) is 4.30. The summed E-state index contributed by atoms with van der Waals surface area (Å²) in [7, 11) is 6.10. The Kier molecular flexibility index (Phi) is 4.65. The highest BCUT2D eigenvalue weighted by Crippen LogP contribution is 2.51. The SMILES string of the molecule is COc1c2c(c(OC)c(OC)c1OC)C(=O)C=C(c1ccccc1)C2. The molecule has 2 aromatic carbocycles. The Hall–Kier alpha value is -2.95. The summed E-state index contributed by atoms with van der Waals surface area (Å²) in [4.78, 5) is 12.9. The van der Waals surface area contributed by atoms with E-state index >= 15 is 0 Å². The maximum absolute atomic E-state index is 12.9. The smallest absolute Gasteiger partial charge is 0.208 e. The third-order valence-electron chi connectivity index (χ3n) is 4.30. The van der Waals surface area contributed by atoms with Crippen LogP contribution in [0.2, 0.25) is 0 Å². The summed E-state index contributed by atoms with van der Waals surface area (Å²) in [6, 6.07) is 9.80. The maximum atomic E-state index is 12.9. The normalized spacial score (nSPS) is 13.0. The van der Waals surface area contributed by atoms with Crippen LogP contribution in [0.15, 0.2) is 36.4 Å². The molecule has 3 rings (SSSR count). The Morgan fingerprint density at radius 2 is 1.32 bits per heavy atom. The van der Waals surface area contributed by atoms with Gasteiger partial charge < -0.3 is 18.9 Å². The van der Waals surface area contributed by atoms with Crippen molar-refractivity contribution in [3.8, 4) is 23.0 Å². The molecule has 2 aromatic rings. The zero-order valence-corrected chi connectivity index (χ0v) is 14.7. The minimum Gasteiger partial charge on any atom is -0.492 e. The van der Waals surface area contributed by atoms with Crippen molar-refractivity contribution >= 4 is 11.4 Å². The summed E-state index contributed by atoms with van der Waals surface area (Å²) in [5.41, 5.74) is 3.11. The van der Waals surface area contributed by atoms with Gasteiger partial charge in [-0.1, -0.05) is 30.3 Å². The van der Waals surface area contributed by atoms with E-state index in [1.54, 1.807) is 13.2 Å². The lowest BCUT2D eigenvalue weighted by Gasteiger charge is -2.25. The van der Waals surface area contributed by atoms with Crippen molar-refractivity contribution in [2.45, 2.75) is 6.42 Å². The van der Waals surface area contributed by atoms with Crippen molar-refractivity contribution in [3.63, 3.8) is 0 Å². The zero-order chi connectivity index (χ0) is 18.0. The molecule has 0 saturated heterocycles. The second-order valence-electron chi connectivity index (χ2n) is 5.56. The van der Waals surface area contributed by atoms with Gasteiger partial charge in [-0.25, -0.2) is 0 Å². The number of carbonyl (C=O) groups is 1. The van der Waals surface area contributed by atoms with E-state index in [0.717, 1.165) is 16.7 Å². The molecule has 0 aromatic heterocycles. The van der Waals surface area contributed by atoms with Crippen LogP contribution in [0.5, 0.6) is 23.0 Å². The Labute approximate surface area is 146 Å². The molecule has 0 atom stereocenters. The largest absolute Gasteiger partial charge is 0.492 e. The predicted molar refractivity (Wildman–Crippen MR) is 95.1 cm³/mol. The van der Waals surface area contributed by atoms with Gasteiger partial charge in [0, 0.05) is 12.0 Å². The standard InChI is InChI=1S/C20H20O5/c1-22-17-14-10-13(12-8-6-5-7-9-12)11-15(21)16(14)18(23-2)20(25-4)19(17)24-3/h5-9,11H,10H2,1-4H3. The Bertz CT molecular complexity index is 837. The quantitative estimate of drug-likeness (QED) is 0.833. The van der Waals surface area contributed by atoms with Crippen molar-refractivity contribution in [1.29, 1.82) is 0 Å². The van der Waals surface area contributed by atoms with Crippen LogP contribution in [0.1, 0.15) is 21.5 Å². The third kappa shape index (κ3) is 2.71. The van der Waals surface area contributed by atoms with Crippen molar-refractivity contribution in [3.05, 3.63) is 53.1 Å². The number of allylic oxidation sites excluding steroid dienone is 2. The van der Waals surface area contributed by atoms with E-state index < -0.39 is 0 Å². The first-order chi connectivity index (χ1) is 12.2. The molecule has 0 spiro atoms. The predicted octanol–water partition coefficient (Wildman–Crippen LogP) is 3.54. The average Bonchev–Trinajstić information content (AvgIpc) is 2.66. The van der Waals surface area contributed by atoms with Gasteiger partial charge in [0.05, 0.1) is 34.0 Å². The summed E-state index contributed by atoms with van der Waals surface area (Å²) in [5, 5.41) is 0. The molecule has 1 aliphatic carbocycles. The minimum atomic E-state index is -0.142. The summed E-state index contributed by atoms with van der Waals surface area (Å²) >= 11 is 0. The molecule has 130 valence electrons. The lowest BCUT2D eigenvalue weighted by molar-refractivity contribution is 0.104. The van der Waals surface area contributed by atoms with Gasteiger partial charge in [-0.15, -0.1) is 0 Å². The van der Waals surface area contributed by atoms with E-state index in [4.69, 9.17) is 18.9 Å². The van der Waals surface area contributed by atoms with Gasteiger partial charge in [-0.05, 0) is 17.2 Å². The summed E-state index contributed by atoms with van der Waals surface area (Å²) in [6.07, 6.45) is 2.18. The second kappa shape index (κ2) is 6.89. The fourth-order valence-electron chi connectivity index (χ4n) is 3.23. The first kappa shape index (κ1) is 16.9. The number of rotatable bonds is 5. The van der Waals surface area contributed by atoms with Crippen molar-refractivity contribution in [2.24, 2.45) is 0 Å². The molecule has 5 heteroatoms. The van der Waals surface area contributed by atoms with E-state index in [9.17, 15) is 4.79 Å². The Balaban J connectivity index is 2.26. The van der Waals surface area contributed by atoms with Crippen molar-refractivity contribution < 1.29 is 23.7 Å². The van der Waals surface area contributed by atoms with Crippen LogP contribution >= 0.6 is 0 Å². The molecule has 0 amide bonds. The van der Waals surface area contributed by atoms with Gasteiger partial charge in [0.15, 0.2) is 17.3 Å². The van der Waals surface area contributed by atoms with Crippen molar-refractivity contribution in [2.75, 3.05) is 28.4 Å². The Morgan fingerprint density at radius 1 is 0.760 bits per heavy atom. The summed E-state index contributed by atoms with van der Waals surface area (Å²) in [5.74, 6) is 1.48. The van der Waals surface area contributed by atoms with E-state index in [2.05, 4.69) is 0 Å². The molecule has 5 nitrogen and oxygen atoms in total. The number of fused-ring (bicyclic) bond motifs is 1. The number of ketones is 1. The number of hydrogen-bond acceptors (Lipinski definition) is 5. The molecule has 25 heavy (non-hydrogen) atoms. The van der Waals surface area contributed by atoms with Gasteiger partial charge in [-0.2, -0.15) is 0 Å². The molecular formula is C20H20O5. The fraction of sp³-hybridized carbons (Fsp3) is 0.250.